The van der Waals surface area contributed by atoms with E-state index in [-0.39, 0.29) is 5.02 Å². The lowest BCUT2D eigenvalue weighted by Crippen LogP contribution is -2.32. The smallest absolute Gasteiger partial charge is 0.425 e. The molecule has 1 amide bonds. The number of benzene rings is 2. The molecule has 2 aromatic carbocycles. The van der Waals surface area contributed by atoms with Gasteiger partial charge in [0.15, 0.2) is 6.10 Å². The molecule has 0 aliphatic rings. The Kier molecular flexibility index (Phi) is 6.39. The zero-order valence-electron chi connectivity index (χ0n) is 13.9. The minimum absolute atomic E-state index is 0.191. The summed E-state index contributed by atoms with van der Waals surface area (Å²) in [6, 6.07) is 4.66. The topological polar surface area (TPSA) is 79.8 Å². The molecule has 0 saturated heterocycles. The number of rotatable bonds is 6. The van der Waals surface area contributed by atoms with E-state index in [0.29, 0.717) is 19.1 Å². The van der Waals surface area contributed by atoms with Crippen LogP contribution in [0, 0.1) is 16.5 Å². The molecule has 0 heterocycles. The summed E-state index contributed by atoms with van der Waals surface area (Å²) in [5, 5.41) is 4.07. The Morgan fingerprint density at radius 1 is 1.21 bits per heavy atom. The number of amides is 1. The van der Waals surface area contributed by atoms with E-state index < -0.39 is 52.5 Å². The molecule has 1 atom stereocenters. The van der Waals surface area contributed by atoms with Gasteiger partial charge in [-0.2, -0.15) is 13.2 Å². The lowest BCUT2D eigenvalue weighted by atomic mass is 10.1. The van der Waals surface area contributed by atoms with Crippen LogP contribution in [0.5, 0.6) is 5.75 Å². The fraction of sp³-hybridized carbons (Fsp3) is 0.188. The highest BCUT2D eigenvalue weighted by Gasteiger charge is 2.39. The Labute approximate surface area is 159 Å². The van der Waals surface area contributed by atoms with Gasteiger partial charge in [-0.25, -0.2) is 14.2 Å². The SMILES string of the molecule is C[C@H](Oc1cc(NN=O)c(F)cc1C(=O)Nc1c(F)cccc1Cl)C(F)(F)F. The number of nitrogens with zero attached hydrogens (tertiary/aromatic N) is 1. The third kappa shape index (κ3) is 4.85. The van der Waals surface area contributed by atoms with Crippen LogP contribution in [0.15, 0.2) is 35.6 Å². The van der Waals surface area contributed by atoms with Crippen molar-refractivity contribution in [1.29, 1.82) is 0 Å². The van der Waals surface area contributed by atoms with Crippen LogP contribution in [0.3, 0.4) is 0 Å². The molecule has 0 radical (unpaired) electrons. The van der Waals surface area contributed by atoms with Crippen molar-refractivity contribution >= 4 is 28.9 Å². The zero-order chi connectivity index (χ0) is 21.1. The van der Waals surface area contributed by atoms with Crippen molar-refractivity contribution in [3.63, 3.8) is 0 Å². The van der Waals surface area contributed by atoms with E-state index in [1.807, 2.05) is 5.32 Å². The molecule has 2 N–H and O–H groups in total. The molecule has 2 aromatic rings. The Balaban J connectivity index is 2.47. The Bertz CT molecular complexity index is 888. The molecule has 0 saturated carbocycles. The lowest BCUT2D eigenvalue weighted by molar-refractivity contribution is -0.189. The zero-order valence-corrected chi connectivity index (χ0v) is 14.7. The van der Waals surface area contributed by atoms with Gasteiger partial charge in [0.25, 0.3) is 5.91 Å². The third-order valence-corrected chi connectivity index (χ3v) is 3.76. The molecule has 2 rings (SSSR count). The number of hydrogen-bond donors (Lipinski definition) is 2. The summed E-state index contributed by atoms with van der Waals surface area (Å²) in [5.41, 5.74) is -0.0902. The number of halogens is 6. The van der Waals surface area contributed by atoms with E-state index in [0.717, 1.165) is 6.07 Å². The van der Waals surface area contributed by atoms with Crippen LogP contribution in [0.4, 0.5) is 33.3 Å². The molecule has 0 bridgehead atoms. The number of carbonyl (C=O) groups excluding carboxylic acids is 1. The second-order valence-corrected chi connectivity index (χ2v) is 5.79. The summed E-state index contributed by atoms with van der Waals surface area (Å²) < 4.78 is 71.0. The highest BCUT2D eigenvalue weighted by atomic mass is 35.5. The molecule has 0 spiro atoms. The summed E-state index contributed by atoms with van der Waals surface area (Å²) in [5.74, 6) is -4.02. The number of anilines is 2. The van der Waals surface area contributed by atoms with Gasteiger partial charge >= 0.3 is 6.18 Å². The van der Waals surface area contributed by atoms with Gasteiger partial charge < -0.3 is 10.1 Å². The second kappa shape index (κ2) is 8.38. The number of nitrogens with one attached hydrogen (secondary N) is 2. The van der Waals surface area contributed by atoms with Crippen molar-refractivity contribution in [2.45, 2.75) is 19.2 Å². The standard InChI is InChI=1S/C16H11ClF5N3O3/c1-7(16(20,21)22)28-13-6-12(24-25-27)11(19)5-8(13)15(26)23-14-9(17)3-2-4-10(14)18/h2-7H,1H3,(H,23,26)(H,24,27)/t7-/m0/s1. The first-order valence-corrected chi connectivity index (χ1v) is 7.83. The fourth-order valence-electron chi connectivity index (χ4n) is 2.02. The largest absolute Gasteiger partial charge is 0.480 e. The number of para-hydroxylation sites is 1. The van der Waals surface area contributed by atoms with Crippen molar-refractivity contribution in [3.05, 3.63) is 57.5 Å². The van der Waals surface area contributed by atoms with E-state index in [1.54, 1.807) is 5.43 Å². The van der Waals surface area contributed by atoms with Crippen molar-refractivity contribution in [2.24, 2.45) is 5.29 Å². The minimum atomic E-state index is -4.80. The van der Waals surface area contributed by atoms with Crippen LogP contribution in [0.25, 0.3) is 0 Å². The van der Waals surface area contributed by atoms with Crippen LogP contribution in [0.2, 0.25) is 5.02 Å². The Morgan fingerprint density at radius 3 is 2.46 bits per heavy atom. The van der Waals surface area contributed by atoms with Crippen LogP contribution in [0.1, 0.15) is 17.3 Å². The van der Waals surface area contributed by atoms with Crippen molar-refractivity contribution < 1.29 is 31.5 Å². The average molecular weight is 424 g/mol. The summed E-state index contributed by atoms with van der Waals surface area (Å²) >= 11 is 5.78. The summed E-state index contributed by atoms with van der Waals surface area (Å²) in [4.78, 5) is 22.7. The highest BCUT2D eigenvalue weighted by Crippen LogP contribution is 2.33. The van der Waals surface area contributed by atoms with Gasteiger partial charge in [-0.1, -0.05) is 17.7 Å². The maximum Gasteiger partial charge on any atom is 0.425 e. The van der Waals surface area contributed by atoms with E-state index in [1.165, 1.54) is 12.1 Å². The predicted molar refractivity (Wildman–Crippen MR) is 91.3 cm³/mol. The van der Waals surface area contributed by atoms with E-state index in [2.05, 4.69) is 5.29 Å². The Morgan fingerprint density at radius 2 is 1.89 bits per heavy atom. The summed E-state index contributed by atoms with van der Waals surface area (Å²) in [6.07, 6.45) is -7.17. The second-order valence-electron chi connectivity index (χ2n) is 5.38. The molecule has 12 heteroatoms. The molecular weight excluding hydrogens is 413 g/mol. The van der Waals surface area contributed by atoms with Crippen LogP contribution in [-0.4, -0.2) is 18.2 Å². The van der Waals surface area contributed by atoms with Gasteiger partial charge in [-0.05, 0) is 25.1 Å². The Hall–Kier alpha value is -2.95. The molecule has 28 heavy (non-hydrogen) atoms. The first kappa shape index (κ1) is 21.4. The number of hydrogen-bond acceptors (Lipinski definition) is 4. The van der Waals surface area contributed by atoms with E-state index >= 15 is 0 Å². The first-order valence-electron chi connectivity index (χ1n) is 7.45. The normalized spacial score (nSPS) is 12.2. The van der Waals surface area contributed by atoms with Gasteiger partial charge in [-0.3, -0.25) is 4.79 Å². The summed E-state index contributed by atoms with van der Waals surface area (Å²) in [7, 11) is 0. The molecule has 0 fully saturated rings. The van der Waals surface area contributed by atoms with E-state index in [9.17, 15) is 31.7 Å². The molecular formula is C16H11ClF5N3O3. The van der Waals surface area contributed by atoms with Gasteiger partial charge in [0.05, 0.1) is 27.2 Å². The van der Waals surface area contributed by atoms with Crippen molar-refractivity contribution in [3.8, 4) is 5.75 Å². The number of carbonyl (C=O) groups is 1. The quantitative estimate of drug-likeness (QED) is 0.376. The number of ether oxygens (including phenoxy) is 1. The highest BCUT2D eigenvalue weighted by molar-refractivity contribution is 6.34. The lowest BCUT2D eigenvalue weighted by Gasteiger charge is -2.20. The van der Waals surface area contributed by atoms with Gasteiger partial charge in [0.1, 0.15) is 17.4 Å². The number of nitroso groups, excluding NO2 is 1. The van der Waals surface area contributed by atoms with Crippen molar-refractivity contribution in [2.75, 3.05) is 10.7 Å². The third-order valence-electron chi connectivity index (χ3n) is 3.45. The maximum atomic E-state index is 14.0. The molecule has 0 aliphatic heterocycles. The van der Waals surface area contributed by atoms with Gasteiger partial charge in [0.2, 0.25) is 0 Å². The molecule has 0 unspecified atom stereocenters. The fourth-order valence-corrected chi connectivity index (χ4v) is 2.23. The first-order chi connectivity index (χ1) is 13.0. The molecule has 0 aromatic heterocycles. The monoisotopic (exact) mass is 423 g/mol. The van der Waals surface area contributed by atoms with Gasteiger partial charge in [0, 0.05) is 6.07 Å². The van der Waals surface area contributed by atoms with E-state index in [4.69, 9.17) is 16.3 Å². The average Bonchev–Trinajstić information content (AvgIpc) is 2.60. The van der Waals surface area contributed by atoms with Crippen molar-refractivity contribution in [1.82, 2.24) is 0 Å². The van der Waals surface area contributed by atoms with Gasteiger partial charge in [-0.15, -0.1) is 4.91 Å². The maximum absolute atomic E-state index is 14.0. The van der Waals surface area contributed by atoms with Crippen LogP contribution < -0.4 is 15.5 Å². The number of alkyl halides is 3. The predicted octanol–water partition coefficient (Wildman–Crippen LogP) is 5.29. The molecule has 0 aliphatic carbocycles. The van der Waals surface area contributed by atoms with Crippen LogP contribution >= 0.6 is 11.6 Å². The van der Waals surface area contributed by atoms with Crippen LogP contribution in [-0.2, 0) is 0 Å². The molecule has 6 nitrogen and oxygen atoms in total. The molecule has 150 valence electrons. The summed E-state index contributed by atoms with van der Waals surface area (Å²) in [6.45, 7) is 0.657. The minimum Gasteiger partial charge on any atom is -0.480 e.